The number of rotatable bonds is 5. The highest BCUT2D eigenvalue weighted by Gasteiger charge is 2.09. The molecule has 2 aromatic heterocycles. The predicted octanol–water partition coefficient (Wildman–Crippen LogP) is 2.63. The molecule has 96 valence electrons. The summed E-state index contributed by atoms with van der Waals surface area (Å²) in [6.07, 6.45) is 5.64. The van der Waals surface area contributed by atoms with Gasteiger partial charge in [0.2, 0.25) is 0 Å². The highest BCUT2D eigenvalue weighted by atomic mass is 15.1. The van der Waals surface area contributed by atoms with Crippen molar-refractivity contribution in [2.45, 2.75) is 39.7 Å². The molecule has 18 heavy (non-hydrogen) atoms. The summed E-state index contributed by atoms with van der Waals surface area (Å²) in [5.74, 6) is 2.56. The van der Waals surface area contributed by atoms with Crippen molar-refractivity contribution in [3.63, 3.8) is 0 Å². The lowest BCUT2D eigenvalue weighted by molar-refractivity contribution is 0.793. The normalized spacial score (nSPS) is 12.4. The van der Waals surface area contributed by atoms with Crippen LogP contribution < -0.4 is 5.32 Å². The molecule has 0 bridgehead atoms. The van der Waals surface area contributed by atoms with Crippen LogP contribution in [0, 0.1) is 6.92 Å². The second-order valence-electron chi connectivity index (χ2n) is 4.38. The Labute approximate surface area is 107 Å². The van der Waals surface area contributed by atoms with Crippen molar-refractivity contribution in [2.24, 2.45) is 0 Å². The quantitative estimate of drug-likeness (QED) is 0.849. The number of aromatic nitrogens is 4. The molecule has 5 nitrogen and oxygen atoms in total. The van der Waals surface area contributed by atoms with Gasteiger partial charge in [0.1, 0.15) is 17.5 Å². The molecule has 2 aromatic rings. The third kappa shape index (κ3) is 3.06. The van der Waals surface area contributed by atoms with Crippen LogP contribution in [0.4, 0.5) is 5.82 Å². The van der Waals surface area contributed by atoms with E-state index in [2.05, 4.69) is 39.1 Å². The van der Waals surface area contributed by atoms with Gasteiger partial charge >= 0.3 is 0 Å². The van der Waals surface area contributed by atoms with Gasteiger partial charge < -0.3 is 10.3 Å². The van der Waals surface area contributed by atoms with Gasteiger partial charge in [0, 0.05) is 24.2 Å². The molecule has 0 spiro atoms. The molecule has 0 saturated carbocycles. The van der Waals surface area contributed by atoms with Gasteiger partial charge in [-0.25, -0.2) is 15.0 Å². The Hall–Kier alpha value is -1.91. The summed E-state index contributed by atoms with van der Waals surface area (Å²) >= 11 is 0. The van der Waals surface area contributed by atoms with Gasteiger partial charge in [0.05, 0.1) is 6.04 Å². The minimum atomic E-state index is 0.101. The van der Waals surface area contributed by atoms with Crippen LogP contribution in [-0.4, -0.2) is 19.9 Å². The van der Waals surface area contributed by atoms with E-state index in [1.807, 2.05) is 19.2 Å². The van der Waals surface area contributed by atoms with E-state index >= 15 is 0 Å². The van der Waals surface area contributed by atoms with Gasteiger partial charge in [-0.3, -0.25) is 0 Å². The van der Waals surface area contributed by atoms with Crippen LogP contribution in [0.2, 0.25) is 0 Å². The van der Waals surface area contributed by atoms with E-state index in [9.17, 15) is 0 Å². The largest absolute Gasteiger partial charge is 0.360 e. The van der Waals surface area contributed by atoms with Crippen molar-refractivity contribution >= 4 is 5.82 Å². The first kappa shape index (κ1) is 12.5. The Bertz CT molecular complexity index is 492. The number of aryl methyl sites for hydroxylation is 2. The van der Waals surface area contributed by atoms with Crippen LogP contribution in [0.1, 0.15) is 43.7 Å². The summed E-state index contributed by atoms with van der Waals surface area (Å²) in [5.41, 5.74) is 1.08. The second kappa shape index (κ2) is 5.62. The Morgan fingerprint density at radius 1 is 1.39 bits per heavy atom. The molecule has 0 fully saturated rings. The minimum Gasteiger partial charge on any atom is -0.360 e. The highest BCUT2D eigenvalue weighted by molar-refractivity contribution is 5.37. The van der Waals surface area contributed by atoms with E-state index in [4.69, 9.17) is 0 Å². The summed E-state index contributed by atoms with van der Waals surface area (Å²) in [5, 5.41) is 3.34. The molecule has 0 aliphatic carbocycles. The van der Waals surface area contributed by atoms with Gasteiger partial charge in [0.15, 0.2) is 0 Å². The molecule has 0 saturated heterocycles. The van der Waals surface area contributed by atoms with Crippen molar-refractivity contribution in [2.75, 3.05) is 5.32 Å². The average molecular weight is 245 g/mol. The molecule has 0 aliphatic rings. The molecule has 5 heteroatoms. The lowest BCUT2D eigenvalue weighted by Crippen LogP contribution is -2.11. The van der Waals surface area contributed by atoms with Crippen molar-refractivity contribution in [3.8, 4) is 0 Å². The topological polar surface area (TPSA) is 66.5 Å². The summed E-state index contributed by atoms with van der Waals surface area (Å²) in [6, 6.07) is 2.11. The number of aromatic amines is 1. The Morgan fingerprint density at radius 3 is 2.89 bits per heavy atom. The number of nitrogens with one attached hydrogen (secondary N) is 2. The van der Waals surface area contributed by atoms with Gasteiger partial charge in [-0.05, 0) is 20.3 Å². The lowest BCUT2D eigenvalue weighted by Gasteiger charge is -2.13. The fraction of sp³-hybridized carbons (Fsp3) is 0.462. The Balaban J connectivity index is 2.13. The van der Waals surface area contributed by atoms with E-state index < -0.39 is 0 Å². The number of nitrogens with zero attached hydrogens (tertiary/aromatic N) is 3. The lowest BCUT2D eigenvalue weighted by atomic mass is 10.2. The van der Waals surface area contributed by atoms with Crippen molar-refractivity contribution < 1.29 is 0 Å². The first-order valence-corrected chi connectivity index (χ1v) is 6.29. The maximum atomic E-state index is 4.42. The molecule has 2 rings (SSSR count). The number of imidazole rings is 1. The maximum absolute atomic E-state index is 4.42. The first-order chi connectivity index (χ1) is 8.69. The molecule has 2 N–H and O–H groups in total. The van der Waals surface area contributed by atoms with Gasteiger partial charge in [0.25, 0.3) is 0 Å². The zero-order valence-electron chi connectivity index (χ0n) is 11.1. The molecule has 0 aromatic carbocycles. The summed E-state index contributed by atoms with van der Waals surface area (Å²) in [6.45, 7) is 6.12. The third-order valence-corrected chi connectivity index (χ3v) is 2.69. The van der Waals surface area contributed by atoms with Gasteiger partial charge in [-0.15, -0.1) is 0 Å². The fourth-order valence-corrected chi connectivity index (χ4v) is 1.89. The summed E-state index contributed by atoms with van der Waals surface area (Å²) < 4.78 is 0. The summed E-state index contributed by atoms with van der Waals surface area (Å²) in [4.78, 5) is 16.1. The highest BCUT2D eigenvalue weighted by Crippen LogP contribution is 2.15. The first-order valence-electron chi connectivity index (χ1n) is 6.29. The van der Waals surface area contributed by atoms with Crippen LogP contribution in [0.25, 0.3) is 0 Å². The van der Waals surface area contributed by atoms with Crippen molar-refractivity contribution in [1.29, 1.82) is 0 Å². The molecular formula is C13H19N5. The smallest absolute Gasteiger partial charge is 0.130 e. The van der Waals surface area contributed by atoms with Crippen molar-refractivity contribution in [1.82, 2.24) is 19.9 Å². The SMILES string of the molecule is CCCc1cc(NC(C)c2ncc[nH]2)nc(C)n1. The van der Waals surface area contributed by atoms with E-state index in [1.54, 1.807) is 6.20 Å². The number of H-pyrrole nitrogens is 1. The number of hydrogen-bond acceptors (Lipinski definition) is 4. The zero-order valence-corrected chi connectivity index (χ0v) is 11.1. The van der Waals surface area contributed by atoms with Gasteiger partial charge in [-0.2, -0.15) is 0 Å². The number of anilines is 1. The van der Waals surface area contributed by atoms with Crippen LogP contribution in [0.3, 0.4) is 0 Å². The number of hydrogen-bond donors (Lipinski definition) is 2. The molecule has 1 unspecified atom stereocenters. The monoisotopic (exact) mass is 245 g/mol. The molecule has 0 aliphatic heterocycles. The molecule has 1 atom stereocenters. The van der Waals surface area contributed by atoms with Crippen LogP contribution >= 0.6 is 0 Å². The van der Waals surface area contributed by atoms with E-state index in [0.717, 1.165) is 36.0 Å². The zero-order chi connectivity index (χ0) is 13.0. The van der Waals surface area contributed by atoms with E-state index in [0.29, 0.717) is 0 Å². The Kier molecular flexibility index (Phi) is 3.92. The van der Waals surface area contributed by atoms with Crippen LogP contribution in [0.15, 0.2) is 18.5 Å². The maximum Gasteiger partial charge on any atom is 0.130 e. The predicted molar refractivity (Wildman–Crippen MR) is 71.4 cm³/mol. The minimum absolute atomic E-state index is 0.101. The molecule has 0 amide bonds. The fourth-order valence-electron chi connectivity index (χ4n) is 1.89. The van der Waals surface area contributed by atoms with Gasteiger partial charge in [-0.1, -0.05) is 13.3 Å². The van der Waals surface area contributed by atoms with Crippen LogP contribution in [0.5, 0.6) is 0 Å². The van der Waals surface area contributed by atoms with E-state index in [1.165, 1.54) is 0 Å². The second-order valence-corrected chi connectivity index (χ2v) is 4.38. The average Bonchev–Trinajstić information content (AvgIpc) is 2.81. The summed E-state index contributed by atoms with van der Waals surface area (Å²) in [7, 11) is 0. The molecule has 2 heterocycles. The van der Waals surface area contributed by atoms with Crippen LogP contribution in [-0.2, 0) is 6.42 Å². The van der Waals surface area contributed by atoms with Crippen molar-refractivity contribution in [3.05, 3.63) is 35.8 Å². The Morgan fingerprint density at radius 2 is 2.22 bits per heavy atom. The standard InChI is InChI=1S/C13H19N5/c1-4-5-11-8-12(18-10(3)17-11)16-9(2)13-14-6-7-15-13/h6-9H,4-5H2,1-3H3,(H,14,15)(H,16,17,18). The molecular weight excluding hydrogens is 226 g/mol. The third-order valence-electron chi connectivity index (χ3n) is 2.69. The molecule has 0 radical (unpaired) electrons. The van der Waals surface area contributed by atoms with E-state index in [-0.39, 0.29) is 6.04 Å².